The van der Waals surface area contributed by atoms with Crippen LogP contribution < -0.4 is 10.1 Å². The molecule has 6 nitrogen and oxygen atoms in total. The van der Waals surface area contributed by atoms with Gasteiger partial charge < -0.3 is 19.5 Å². The monoisotopic (exact) mass is 445 g/mol. The summed E-state index contributed by atoms with van der Waals surface area (Å²) in [5.41, 5.74) is -1.20. The van der Waals surface area contributed by atoms with E-state index < -0.39 is 17.4 Å². The van der Waals surface area contributed by atoms with Crippen molar-refractivity contribution >= 4 is 24.0 Å². The summed E-state index contributed by atoms with van der Waals surface area (Å²) >= 11 is 6.12. The SMILES string of the molecule is CC(C)(C)OC(=O)c1cc(Cl)c(OC[C@H]2CCCNC2)cc1F.CC(C)(C)OC=O. The number of hydrogen-bond acceptors (Lipinski definition) is 6. The lowest BCUT2D eigenvalue weighted by molar-refractivity contribution is -0.138. The summed E-state index contributed by atoms with van der Waals surface area (Å²) in [4.78, 5) is 21.6. The maximum absolute atomic E-state index is 14.2. The van der Waals surface area contributed by atoms with Gasteiger partial charge in [0.25, 0.3) is 6.47 Å². The molecule has 0 spiro atoms. The predicted octanol–water partition coefficient (Wildman–Crippen LogP) is 4.77. The Morgan fingerprint density at radius 3 is 2.37 bits per heavy atom. The second-order valence-electron chi connectivity index (χ2n) is 9.11. The van der Waals surface area contributed by atoms with Crippen molar-refractivity contribution in [3.8, 4) is 5.75 Å². The van der Waals surface area contributed by atoms with E-state index >= 15 is 0 Å². The number of halogens is 2. The van der Waals surface area contributed by atoms with E-state index in [1.165, 1.54) is 6.07 Å². The van der Waals surface area contributed by atoms with Crippen LogP contribution in [0.5, 0.6) is 5.75 Å². The summed E-state index contributed by atoms with van der Waals surface area (Å²) < 4.78 is 29.5. The number of esters is 1. The highest BCUT2D eigenvalue weighted by Crippen LogP contribution is 2.29. The van der Waals surface area contributed by atoms with Crippen LogP contribution in [0.4, 0.5) is 4.39 Å². The molecule has 30 heavy (non-hydrogen) atoms. The molecule has 1 heterocycles. The van der Waals surface area contributed by atoms with Crippen molar-refractivity contribution in [3.05, 3.63) is 28.5 Å². The largest absolute Gasteiger partial charge is 0.492 e. The number of carbonyl (C=O) groups excluding carboxylic acids is 2. The van der Waals surface area contributed by atoms with Gasteiger partial charge in [0.05, 0.1) is 17.2 Å². The number of benzene rings is 1. The average molecular weight is 446 g/mol. The summed E-state index contributed by atoms with van der Waals surface area (Å²) in [7, 11) is 0. The zero-order valence-electron chi connectivity index (χ0n) is 18.6. The van der Waals surface area contributed by atoms with Crippen molar-refractivity contribution in [1.82, 2.24) is 5.32 Å². The Bertz CT molecular complexity index is 707. The lowest BCUT2D eigenvalue weighted by atomic mass is 10.0. The molecule has 0 aromatic heterocycles. The standard InChI is InChI=1S/C17H23ClFNO3.C5H10O2/c1-17(2,3)23-16(21)12-7-13(18)15(8-14(12)19)22-10-11-5-4-6-20-9-11;1-5(2,3)7-4-6/h7-8,11,20H,4-6,9-10H2,1-3H3;4H,1-3H3/t11-;/m0./s1. The highest BCUT2D eigenvalue weighted by molar-refractivity contribution is 6.32. The Balaban J connectivity index is 0.000000553. The molecule has 1 N–H and O–H groups in total. The topological polar surface area (TPSA) is 73.9 Å². The first-order chi connectivity index (χ1) is 13.8. The van der Waals surface area contributed by atoms with Crippen molar-refractivity contribution in [2.75, 3.05) is 19.7 Å². The van der Waals surface area contributed by atoms with Gasteiger partial charge in [0.15, 0.2) is 0 Å². The van der Waals surface area contributed by atoms with E-state index in [4.69, 9.17) is 21.1 Å². The Labute approximate surface area is 183 Å². The quantitative estimate of drug-likeness (QED) is 0.519. The Morgan fingerprint density at radius 2 is 1.90 bits per heavy atom. The maximum Gasteiger partial charge on any atom is 0.341 e. The minimum Gasteiger partial charge on any atom is -0.492 e. The minimum atomic E-state index is -0.736. The van der Waals surface area contributed by atoms with Crippen molar-refractivity contribution in [2.45, 2.75) is 65.6 Å². The van der Waals surface area contributed by atoms with Gasteiger partial charge >= 0.3 is 5.97 Å². The number of hydrogen-bond donors (Lipinski definition) is 1. The lowest BCUT2D eigenvalue weighted by Crippen LogP contribution is -2.33. The fourth-order valence-corrected chi connectivity index (χ4v) is 2.77. The van der Waals surface area contributed by atoms with Crippen molar-refractivity contribution < 1.29 is 28.2 Å². The second-order valence-corrected chi connectivity index (χ2v) is 9.52. The molecule has 1 aromatic rings. The summed E-state index contributed by atoms with van der Waals surface area (Å²) in [6, 6.07) is 2.41. The van der Waals surface area contributed by atoms with E-state index in [2.05, 4.69) is 10.1 Å². The predicted molar refractivity (Wildman–Crippen MR) is 115 cm³/mol. The van der Waals surface area contributed by atoms with Gasteiger partial charge in [-0.1, -0.05) is 11.6 Å². The average Bonchev–Trinajstić information content (AvgIpc) is 2.61. The summed E-state index contributed by atoms with van der Waals surface area (Å²) in [5, 5.41) is 3.50. The van der Waals surface area contributed by atoms with Gasteiger partial charge in [-0.25, -0.2) is 9.18 Å². The van der Waals surface area contributed by atoms with Gasteiger partial charge in [-0.3, -0.25) is 4.79 Å². The number of rotatable bonds is 5. The van der Waals surface area contributed by atoms with Crippen molar-refractivity contribution in [3.63, 3.8) is 0 Å². The molecule has 1 aliphatic rings. The minimum absolute atomic E-state index is 0.184. The molecule has 1 aliphatic heterocycles. The van der Waals surface area contributed by atoms with E-state index in [1.54, 1.807) is 20.8 Å². The molecule has 0 radical (unpaired) electrons. The molecule has 8 heteroatoms. The summed E-state index contributed by atoms with van der Waals surface area (Å²) in [6.07, 6.45) is 2.18. The number of nitrogens with one attached hydrogen (secondary N) is 1. The first kappa shape index (κ1) is 26.2. The number of piperidine rings is 1. The van der Waals surface area contributed by atoms with Gasteiger partial charge in [0.1, 0.15) is 22.8 Å². The van der Waals surface area contributed by atoms with E-state index in [1.807, 2.05) is 20.8 Å². The molecule has 1 saturated heterocycles. The summed E-state index contributed by atoms with van der Waals surface area (Å²) in [5.74, 6) is -0.796. The van der Waals surface area contributed by atoms with Crippen LogP contribution in [0.3, 0.4) is 0 Å². The third-order valence-corrected chi connectivity index (χ3v) is 4.21. The molecule has 0 amide bonds. The Morgan fingerprint density at radius 1 is 1.23 bits per heavy atom. The van der Waals surface area contributed by atoms with Crippen LogP contribution in [-0.4, -0.2) is 43.3 Å². The molecule has 0 aliphatic carbocycles. The van der Waals surface area contributed by atoms with Gasteiger partial charge in [0, 0.05) is 18.5 Å². The maximum atomic E-state index is 14.2. The van der Waals surface area contributed by atoms with E-state index in [0.29, 0.717) is 19.0 Å². The smallest absolute Gasteiger partial charge is 0.341 e. The first-order valence-corrected chi connectivity index (χ1v) is 10.4. The molecular formula is C22H33ClFNO5. The summed E-state index contributed by atoms with van der Waals surface area (Å²) in [6.45, 7) is 13.5. The van der Waals surface area contributed by atoms with Crippen molar-refractivity contribution in [2.24, 2.45) is 5.92 Å². The third kappa shape index (κ3) is 10.3. The second kappa shape index (κ2) is 11.5. The molecule has 0 bridgehead atoms. The molecular weight excluding hydrogens is 413 g/mol. The van der Waals surface area contributed by atoms with Crippen LogP contribution in [0.25, 0.3) is 0 Å². The zero-order valence-corrected chi connectivity index (χ0v) is 19.4. The molecule has 1 fully saturated rings. The van der Waals surface area contributed by atoms with Crippen LogP contribution >= 0.6 is 11.6 Å². The Kier molecular flexibility index (Phi) is 10.0. The molecule has 2 rings (SSSR count). The van der Waals surface area contributed by atoms with E-state index in [9.17, 15) is 14.0 Å². The zero-order chi connectivity index (χ0) is 22.9. The van der Waals surface area contributed by atoms with Crippen LogP contribution in [0, 0.1) is 11.7 Å². The highest BCUT2D eigenvalue weighted by atomic mass is 35.5. The van der Waals surface area contributed by atoms with Crippen molar-refractivity contribution in [1.29, 1.82) is 0 Å². The molecule has 170 valence electrons. The number of carbonyl (C=O) groups is 2. The molecule has 0 unspecified atom stereocenters. The highest BCUT2D eigenvalue weighted by Gasteiger charge is 2.23. The van der Waals surface area contributed by atoms with Crippen LogP contribution in [0.1, 0.15) is 64.7 Å². The van der Waals surface area contributed by atoms with Gasteiger partial charge in [-0.2, -0.15) is 0 Å². The van der Waals surface area contributed by atoms with Gasteiger partial charge in [-0.15, -0.1) is 0 Å². The fourth-order valence-electron chi connectivity index (χ4n) is 2.55. The van der Waals surface area contributed by atoms with E-state index in [0.717, 1.165) is 32.0 Å². The normalized spacial score (nSPS) is 16.7. The van der Waals surface area contributed by atoms with Gasteiger partial charge in [0.2, 0.25) is 0 Å². The van der Waals surface area contributed by atoms with Crippen LogP contribution in [0.2, 0.25) is 5.02 Å². The first-order valence-electron chi connectivity index (χ1n) is 10.00. The molecule has 1 aromatic carbocycles. The lowest BCUT2D eigenvalue weighted by Gasteiger charge is -2.23. The Hall–Kier alpha value is -1.86. The third-order valence-electron chi connectivity index (χ3n) is 3.92. The van der Waals surface area contributed by atoms with Crippen LogP contribution in [0.15, 0.2) is 12.1 Å². The molecule has 0 saturated carbocycles. The van der Waals surface area contributed by atoms with E-state index in [-0.39, 0.29) is 21.9 Å². The number of ether oxygens (including phenoxy) is 3. The molecule has 1 atom stereocenters. The van der Waals surface area contributed by atoms with Crippen LogP contribution in [-0.2, 0) is 14.3 Å². The fraction of sp³-hybridized carbons (Fsp3) is 0.636. The van der Waals surface area contributed by atoms with Gasteiger partial charge in [-0.05, 0) is 67.0 Å².